The number of aliphatic hydroxyl groups is 1. The van der Waals surface area contributed by atoms with Gasteiger partial charge in [0.2, 0.25) is 5.75 Å². The summed E-state index contributed by atoms with van der Waals surface area (Å²) >= 11 is 0. The molecule has 2 rings (SSSR count). The third-order valence-electron chi connectivity index (χ3n) is 3.34. The Morgan fingerprint density at radius 1 is 1.56 bits per heavy atom. The molecule has 1 aromatic rings. The van der Waals surface area contributed by atoms with Crippen molar-refractivity contribution < 1.29 is 9.84 Å². The number of aliphatic hydroxyl groups excluding tert-OH is 1. The van der Waals surface area contributed by atoms with Gasteiger partial charge in [-0.05, 0) is 12.3 Å². The highest BCUT2D eigenvalue weighted by atomic mass is 16.5. The molecule has 1 aliphatic rings. The Morgan fingerprint density at radius 3 is 2.94 bits per heavy atom. The number of ether oxygens (including phenoxy) is 1. The van der Waals surface area contributed by atoms with E-state index in [0.29, 0.717) is 29.8 Å². The van der Waals surface area contributed by atoms with Crippen molar-refractivity contribution in [3.63, 3.8) is 0 Å². The van der Waals surface area contributed by atoms with Gasteiger partial charge in [0.25, 0.3) is 0 Å². The van der Waals surface area contributed by atoms with E-state index >= 15 is 0 Å². The standard InChI is InChI=1S/C11H19N5O2/c1-7-3-4-16(5-8(7)17)11-9(18-2)10(15-12)13-6-14-11/h6-8,17H,3-5,12H2,1-2H3,(H,13,14,15). The number of hydrogen-bond acceptors (Lipinski definition) is 7. The van der Waals surface area contributed by atoms with Crippen molar-refractivity contribution in [1.82, 2.24) is 9.97 Å². The highest BCUT2D eigenvalue weighted by molar-refractivity contribution is 5.64. The number of nitrogens with zero attached hydrogens (tertiary/aromatic N) is 3. The molecule has 1 aliphatic heterocycles. The summed E-state index contributed by atoms with van der Waals surface area (Å²) in [5, 5.41) is 9.93. The Hall–Kier alpha value is -1.60. The van der Waals surface area contributed by atoms with Crippen LogP contribution in [0.1, 0.15) is 13.3 Å². The summed E-state index contributed by atoms with van der Waals surface area (Å²) in [7, 11) is 1.55. The Balaban J connectivity index is 2.28. The number of piperidine rings is 1. The molecule has 7 nitrogen and oxygen atoms in total. The molecule has 0 spiro atoms. The lowest BCUT2D eigenvalue weighted by Gasteiger charge is -2.35. The van der Waals surface area contributed by atoms with Crippen LogP contribution in [0.3, 0.4) is 0 Å². The van der Waals surface area contributed by atoms with Gasteiger partial charge in [-0.15, -0.1) is 0 Å². The van der Waals surface area contributed by atoms with E-state index in [1.807, 2.05) is 11.8 Å². The first-order valence-corrected chi connectivity index (χ1v) is 5.96. The summed E-state index contributed by atoms with van der Waals surface area (Å²) < 4.78 is 5.29. The average Bonchev–Trinajstić information content (AvgIpc) is 2.40. The molecule has 7 heteroatoms. The third-order valence-corrected chi connectivity index (χ3v) is 3.34. The first kappa shape index (κ1) is 12.8. The lowest BCUT2D eigenvalue weighted by Crippen LogP contribution is -2.43. The highest BCUT2D eigenvalue weighted by Crippen LogP contribution is 2.33. The molecule has 1 aromatic heterocycles. The van der Waals surface area contributed by atoms with Crippen LogP contribution in [-0.4, -0.2) is 41.4 Å². The van der Waals surface area contributed by atoms with Gasteiger partial charge in [0.15, 0.2) is 11.6 Å². The predicted molar refractivity (Wildman–Crippen MR) is 68.4 cm³/mol. The van der Waals surface area contributed by atoms with Crippen LogP contribution >= 0.6 is 0 Å². The lowest BCUT2D eigenvalue weighted by atomic mass is 9.96. The van der Waals surface area contributed by atoms with Gasteiger partial charge in [0.1, 0.15) is 6.33 Å². The maximum absolute atomic E-state index is 9.93. The zero-order valence-corrected chi connectivity index (χ0v) is 10.6. The summed E-state index contributed by atoms with van der Waals surface area (Å²) in [5.41, 5.74) is 2.48. The van der Waals surface area contributed by atoms with E-state index in [2.05, 4.69) is 15.4 Å². The summed E-state index contributed by atoms with van der Waals surface area (Å²) in [4.78, 5) is 10.2. The number of anilines is 2. The molecule has 18 heavy (non-hydrogen) atoms. The molecule has 2 atom stereocenters. The molecule has 0 bridgehead atoms. The number of hydrazine groups is 1. The summed E-state index contributed by atoms with van der Waals surface area (Å²) in [5.74, 6) is 7.29. The van der Waals surface area contributed by atoms with E-state index in [4.69, 9.17) is 10.6 Å². The lowest BCUT2D eigenvalue weighted by molar-refractivity contribution is 0.102. The van der Waals surface area contributed by atoms with E-state index in [1.54, 1.807) is 7.11 Å². The molecule has 0 saturated carbocycles. The number of hydrogen-bond donors (Lipinski definition) is 3. The molecule has 1 fully saturated rings. The molecule has 0 aliphatic carbocycles. The monoisotopic (exact) mass is 253 g/mol. The van der Waals surface area contributed by atoms with Gasteiger partial charge in [-0.3, -0.25) is 0 Å². The highest BCUT2D eigenvalue weighted by Gasteiger charge is 2.27. The van der Waals surface area contributed by atoms with Gasteiger partial charge in [-0.1, -0.05) is 6.92 Å². The van der Waals surface area contributed by atoms with Crippen molar-refractivity contribution in [3.8, 4) is 5.75 Å². The Labute approximate surface area is 106 Å². The van der Waals surface area contributed by atoms with Gasteiger partial charge in [0.05, 0.1) is 13.2 Å². The van der Waals surface area contributed by atoms with Crippen LogP contribution in [0.15, 0.2) is 6.33 Å². The van der Waals surface area contributed by atoms with E-state index < -0.39 is 0 Å². The molecular weight excluding hydrogens is 234 g/mol. The zero-order chi connectivity index (χ0) is 13.1. The minimum Gasteiger partial charge on any atom is -0.490 e. The van der Waals surface area contributed by atoms with Crippen LogP contribution < -0.4 is 20.9 Å². The molecule has 2 heterocycles. The third kappa shape index (κ3) is 2.32. The van der Waals surface area contributed by atoms with Crippen molar-refractivity contribution in [2.75, 3.05) is 30.5 Å². The Morgan fingerprint density at radius 2 is 2.33 bits per heavy atom. The maximum Gasteiger partial charge on any atom is 0.205 e. The second kappa shape index (κ2) is 5.36. The Bertz CT molecular complexity index is 414. The van der Waals surface area contributed by atoms with E-state index in [9.17, 15) is 5.11 Å². The predicted octanol–water partition coefficient (Wildman–Crippen LogP) is -0.0221. The van der Waals surface area contributed by atoms with Crippen LogP contribution in [0.25, 0.3) is 0 Å². The first-order valence-electron chi connectivity index (χ1n) is 5.96. The van der Waals surface area contributed by atoms with E-state index in [-0.39, 0.29) is 6.10 Å². The quantitative estimate of drug-likeness (QED) is 0.514. The second-order valence-corrected chi connectivity index (χ2v) is 4.50. The fourth-order valence-electron chi connectivity index (χ4n) is 2.12. The summed E-state index contributed by atoms with van der Waals surface area (Å²) in [6.45, 7) is 3.42. The minimum absolute atomic E-state index is 0.307. The summed E-state index contributed by atoms with van der Waals surface area (Å²) in [6.07, 6.45) is 1.99. The normalized spacial score (nSPS) is 23.9. The van der Waals surface area contributed by atoms with Gasteiger partial charge in [-0.2, -0.15) is 0 Å². The number of nitrogen functional groups attached to an aromatic ring is 1. The van der Waals surface area contributed by atoms with Crippen LogP contribution in [0.5, 0.6) is 5.75 Å². The maximum atomic E-state index is 9.93. The van der Waals surface area contributed by atoms with Gasteiger partial charge in [0, 0.05) is 13.1 Å². The van der Waals surface area contributed by atoms with Crippen LogP contribution in [0, 0.1) is 5.92 Å². The number of β-amino-alcohol motifs (C(OH)–C–C–N with tert-alkyl or cyclic N) is 1. The van der Waals surface area contributed by atoms with Crippen LogP contribution in [-0.2, 0) is 0 Å². The average molecular weight is 253 g/mol. The van der Waals surface area contributed by atoms with Crippen LogP contribution in [0.2, 0.25) is 0 Å². The molecule has 0 radical (unpaired) electrons. The SMILES string of the molecule is COc1c(NN)ncnc1N1CCC(C)C(O)C1. The molecule has 100 valence electrons. The van der Waals surface area contributed by atoms with Crippen LogP contribution in [0.4, 0.5) is 11.6 Å². The molecule has 0 amide bonds. The minimum atomic E-state index is -0.354. The molecular formula is C11H19N5O2. The van der Waals surface area contributed by atoms with Gasteiger partial charge in [-0.25, -0.2) is 15.8 Å². The van der Waals surface area contributed by atoms with Crippen molar-refractivity contribution in [1.29, 1.82) is 0 Å². The topological polar surface area (TPSA) is 96.5 Å². The fraction of sp³-hybridized carbons (Fsp3) is 0.636. The first-order chi connectivity index (χ1) is 8.67. The molecule has 1 saturated heterocycles. The van der Waals surface area contributed by atoms with E-state index in [1.165, 1.54) is 6.33 Å². The fourth-order valence-corrected chi connectivity index (χ4v) is 2.12. The van der Waals surface area contributed by atoms with Gasteiger partial charge >= 0.3 is 0 Å². The number of nitrogens with one attached hydrogen (secondary N) is 1. The second-order valence-electron chi connectivity index (χ2n) is 4.50. The number of aromatic nitrogens is 2. The number of nitrogens with two attached hydrogens (primary N) is 1. The van der Waals surface area contributed by atoms with E-state index in [0.717, 1.165) is 13.0 Å². The van der Waals surface area contributed by atoms with Crippen molar-refractivity contribution in [3.05, 3.63) is 6.33 Å². The molecule has 0 aromatic carbocycles. The zero-order valence-electron chi connectivity index (χ0n) is 10.6. The van der Waals surface area contributed by atoms with Gasteiger partial charge < -0.3 is 20.2 Å². The largest absolute Gasteiger partial charge is 0.490 e. The van der Waals surface area contributed by atoms with Crippen molar-refractivity contribution in [2.45, 2.75) is 19.4 Å². The number of methoxy groups -OCH3 is 1. The Kier molecular flexibility index (Phi) is 3.83. The smallest absolute Gasteiger partial charge is 0.205 e. The molecule has 4 N–H and O–H groups in total. The van der Waals surface area contributed by atoms with Crippen molar-refractivity contribution >= 4 is 11.6 Å². The molecule has 2 unspecified atom stereocenters. The number of rotatable bonds is 3. The summed E-state index contributed by atoms with van der Waals surface area (Å²) in [6, 6.07) is 0. The van der Waals surface area contributed by atoms with Crippen molar-refractivity contribution in [2.24, 2.45) is 11.8 Å².